The standard InChI is InChI=1S/C21H28N2O3/c1-26-20-7-8-21(25)18(13-20)15-22-10-11-23(19(16-22)9-12-24)14-17-5-3-2-4-6-17/h2-8,13,19,24-25H,9-12,14-16H2,1H3. The molecular weight excluding hydrogens is 328 g/mol. The number of aliphatic hydroxyl groups excluding tert-OH is 1. The van der Waals surface area contributed by atoms with E-state index in [0.29, 0.717) is 18.3 Å². The number of piperazine rings is 1. The lowest BCUT2D eigenvalue weighted by molar-refractivity contribution is 0.0496. The number of rotatable bonds is 7. The fourth-order valence-electron chi connectivity index (χ4n) is 3.61. The highest BCUT2D eigenvalue weighted by Gasteiger charge is 2.27. The molecule has 2 aromatic carbocycles. The Hall–Kier alpha value is -2.08. The van der Waals surface area contributed by atoms with Gasteiger partial charge in [0.05, 0.1) is 7.11 Å². The highest BCUT2D eigenvalue weighted by atomic mass is 16.5. The summed E-state index contributed by atoms with van der Waals surface area (Å²) in [6.07, 6.45) is 0.757. The number of aliphatic hydroxyl groups is 1. The molecule has 26 heavy (non-hydrogen) atoms. The maximum atomic E-state index is 10.1. The van der Waals surface area contributed by atoms with Gasteiger partial charge in [0, 0.05) is 50.9 Å². The average Bonchev–Trinajstić information content (AvgIpc) is 2.66. The molecule has 0 spiro atoms. The molecule has 2 N–H and O–H groups in total. The van der Waals surface area contributed by atoms with Gasteiger partial charge in [0.15, 0.2) is 0 Å². The van der Waals surface area contributed by atoms with E-state index >= 15 is 0 Å². The molecule has 140 valence electrons. The minimum Gasteiger partial charge on any atom is -0.508 e. The number of ether oxygens (including phenoxy) is 1. The van der Waals surface area contributed by atoms with Crippen LogP contribution in [-0.4, -0.2) is 59.4 Å². The first-order valence-corrected chi connectivity index (χ1v) is 9.16. The summed E-state index contributed by atoms with van der Waals surface area (Å²) in [7, 11) is 1.63. The molecule has 0 bridgehead atoms. The Bertz CT molecular complexity index is 693. The Kier molecular flexibility index (Phi) is 6.50. The second-order valence-electron chi connectivity index (χ2n) is 6.85. The van der Waals surface area contributed by atoms with Crippen molar-refractivity contribution < 1.29 is 14.9 Å². The summed E-state index contributed by atoms with van der Waals surface area (Å²) in [6.45, 7) is 4.54. The summed E-state index contributed by atoms with van der Waals surface area (Å²) in [5.41, 5.74) is 2.18. The topological polar surface area (TPSA) is 56.2 Å². The Balaban J connectivity index is 1.65. The van der Waals surface area contributed by atoms with E-state index < -0.39 is 0 Å². The number of nitrogens with zero attached hydrogens (tertiary/aromatic N) is 2. The van der Waals surface area contributed by atoms with Crippen LogP contribution in [0.1, 0.15) is 17.5 Å². The van der Waals surface area contributed by atoms with Crippen LogP contribution in [0.25, 0.3) is 0 Å². The Labute approximate surface area is 155 Å². The molecule has 2 aromatic rings. The zero-order valence-corrected chi connectivity index (χ0v) is 15.3. The fourth-order valence-corrected chi connectivity index (χ4v) is 3.61. The first-order valence-electron chi connectivity index (χ1n) is 9.16. The molecule has 1 fully saturated rings. The zero-order chi connectivity index (χ0) is 18.4. The predicted octanol–water partition coefficient (Wildman–Crippen LogP) is 2.47. The molecule has 0 saturated carbocycles. The second kappa shape index (κ2) is 9.03. The maximum absolute atomic E-state index is 10.1. The summed E-state index contributed by atoms with van der Waals surface area (Å²) >= 11 is 0. The van der Waals surface area contributed by atoms with Crippen molar-refractivity contribution in [3.8, 4) is 11.5 Å². The van der Waals surface area contributed by atoms with Crippen molar-refractivity contribution in [3.05, 3.63) is 59.7 Å². The van der Waals surface area contributed by atoms with E-state index in [1.807, 2.05) is 12.1 Å². The van der Waals surface area contributed by atoms with Gasteiger partial charge in [0.1, 0.15) is 11.5 Å². The summed E-state index contributed by atoms with van der Waals surface area (Å²) < 4.78 is 5.27. The van der Waals surface area contributed by atoms with E-state index in [9.17, 15) is 10.2 Å². The van der Waals surface area contributed by atoms with E-state index in [-0.39, 0.29) is 6.61 Å². The molecule has 0 radical (unpaired) electrons. The summed E-state index contributed by atoms with van der Waals surface area (Å²) in [4.78, 5) is 4.80. The Morgan fingerprint density at radius 1 is 1.08 bits per heavy atom. The summed E-state index contributed by atoms with van der Waals surface area (Å²) in [5, 5.41) is 19.6. The lowest BCUT2D eigenvalue weighted by Crippen LogP contribution is -2.52. The first-order chi connectivity index (χ1) is 12.7. The van der Waals surface area contributed by atoms with E-state index in [2.05, 4.69) is 34.1 Å². The number of methoxy groups -OCH3 is 1. The van der Waals surface area contributed by atoms with Crippen molar-refractivity contribution in [2.75, 3.05) is 33.4 Å². The molecule has 1 heterocycles. The van der Waals surface area contributed by atoms with Crippen LogP contribution in [0.3, 0.4) is 0 Å². The minimum absolute atomic E-state index is 0.189. The largest absolute Gasteiger partial charge is 0.508 e. The van der Waals surface area contributed by atoms with Crippen molar-refractivity contribution in [1.29, 1.82) is 0 Å². The lowest BCUT2D eigenvalue weighted by Gasteiger charge is -2.41. The van der Waals surface area contributed by atoms with Crippen molar-refractivity contribution in [3.63, 3.8) is 0 Å². The van der Waals surface area contributed by atoms with Gasteiger partial charge >= 0.3 is 0 Å². The van der Waals surface area contributed by atoms with Crippen molar-refractivity contribution in [2.24, 2.45) is 0 Å². The molecule has 1 unspecified atom stereocenters. The molecule has 3 rings (SSSR count). The maximum Gasteiger partial charge on any atom is 0.120 e. The third kappa shape index (κ3) is 4.75. The van der Waals surface area contributed by atoms with Crippen LogP contribution in [-0.2, 0) is 13.1 Å². The SMILES string of the molecule is COc1ccc(O)c(CN2CCN(Cc3ccccc3)C(CCO)C2)c1. The van der Waals surface area contributed by atoms with Gasteiger partial charge < -0.3 is 14.9 Å². The molecule has 5 heteroatoms. The number of hydrogen-bond donors (Lipinski definition) is 2. The first kappa shape index (κ1) is 18.7. The fraction of sp³-hybridized carbons (Fsp3) is 0.429. The quantitative estimate of drug-likeness (QED) is 0.798. The Morgan fingerprint density at radius 2 is 1.88 bits per heavy atom. The minimum atomic E-state index is 0.189. The Morgan fingerprint density at radius 3 is 2.62 bits per heavy atom. The van der Waals surface area contributed by atoms with Crippen molar-refractivity contribution in [1.82, 2.24) is 9.80 Å². The molecule has 1 aliphatic heterocycles. The highest BCUT2D eigenvalue weighted by molar-refractivity contribution is 5.39. The molecule has 1 atom stereocenters. The second-order valence-corrected chi connectivity index (χ2v) is 6.85. The van der Waals surface area contributed by atoms with Gasteiger partial charge in [-0.1, -0.05) is 30.3 Å². The van der Waals surface area contributed by atoms with Gasteiger partial charge in [-0.05, 0) is 30.2 Å². The van der Waals surface area contributed by atoms with Gasteiger partial charge in [0.2, 0.25) is 0 Å². The molecule has 5 nitrogen and oxygen atoms in total. The van der Waals surface area contributed by atoms with Gasteiger partial charge in [-0.2, -0.15) is 0 Å². The number of benzene rings is 2. The van der Waals surface area contributed by atoms with Crippen LogP contribution in [0, 0.1) is 0 Å². The molecule has 0 amide bonds. The van der Waals surface area contributed by atoms with Gasteiger partial charge in [-0.3, -0.25) is 9.80 Å². The predicted molar refractivity (Wildman–Crippen MR) is 102 cm³/mol. The summed E-state index contributed by atoms with van der Waals surface area (Å²) in [5.74, 6) is 1.06. The number of phenolic OH excluding ortho intramolecular Hbond substituents is 1. The third-order valence-corrected chi connectivity index (χ3v) is 5.06. The van der Waals surface area contributed by atoms with Crippen molar-refractivity contribution in [2.45, 2.75) is 25.6 Å². The van der Waals surface area contributed by atoms with Crippen LogP contribution >= 0.6 is 0 Å². The molecule has 1 saturated heterocycles. The zero-order valence-electron chi connectivity index (χ0n) is 15.3. The monoisotopic (exact) mass is 356 g/mol. The van der Waals surface area contributed by atoms with Gasteiger partial charge in [-0.15, -0.1) is 0 Å². The smallest absolute Gasteiger partial charge is 0.120 e. The summed E-state index contributed by atoms with van der Waals surface area (Å²) in [6, 6.07) is 16.1. The van der Waals surface area contributed by atoms with E-state index in [1.165, 1.54) is 5.56 Å². The van der Waals surface area contributed by atoms with E-state index in [1.54, 1.807) is 19.2 Å². The molecule has 0 aromatic heterocycles. The van der Waals surface area contributed by atoms with Crippen molar-refractivity contribution >= 4 is 0 Å². The van der Waals surface area contributed by atoms with E-state index in [4.69, 9.17) is 4.74 Å². The number of aromatic hydroxyl groups is 1. The lowest BCUT2D eigenvalue weighted by atomic mass is 10.1. The molecule has 0 aliphatic carbocycles. The highest BCUT2D eigenvalue weighted by Crippen LogP contribution is 2.26. The van der Waals surface area contributed by atoms with Crippen LogP contribution in [0.5, 0.6) is 11.5 Å². The van der Waals surface area contributed by atoms with Crippen LogP contribution in [0.4, 0.5) is 0 Å². The van der Waals surface area contributed by atoms with Crippen LogP contribution in [0.2, 0.25) is 0 Å². The van der Waals surface area contributed by atoms with Crippen LogP contribution in [0.15, 0.2) is 48.5 Å². The third-order valence-electron chi connectivity index (χ3n) is 5.06. The molecular formula is C21H28N2O3. The normalized spacial score (nSPS) is 18.8. The van der Waals surface area contributed by atoms with Gasteiger partial charge in [-0.25, -0.2) is 0 Å². The molecule has 1 aliphatic rings. The average molecular weight is 356 g/mol. The number of phenols is 1. The van der Waals surface area contributed by atoms with Gasteiger partial charge in [0.25, 0.3) is 0 Å². The van der Waals surface area contributed by atoms with E-state index in [0.717, 1.165) is 43.9 Å². The van der Waals surface area contributed by atoms with Crippen LogP contribution < -0.4 is 4.74 Å². The number of hydrogen-bond acceptors (Lipinski definition) is 5.